The van der Waals surface area contributed by atoms with Crippen LogP contribution in [0.1, 0.15) is 33.6 Å². The van der Waals surface area contributed by atoms with Gasteiger partial charge in [-0.05, 0) is 31.4 Å². The molecule has 2 heteroatoms. The molecule has 0 aliphatic carbocycles. The van der Waals surface area contributed by atoms with E-state index in [0.717, 1.165) is 29.9 Å². The lowest BCUT2D eigenvalue weighted by atomic mass is 10.2. The lowest BCUT2D eigenvalue weighted by molar-refractivity contribution is 0.0577. The van der Waals surface area contributed by atoms with Crippen LogP contribution in [0.2, 0.25) is 0 Å². The van der Waals surface area contributed by atoms with E-state index in [0.29, 0.717) is 13.2 Å². The van der Waals surface area contributed by atoms with Gasteiger partial charge in [-0.25, -0.2) is 0 Å². The van der Waals surface area contributed by atoms with E-state index in [1.807, 2.05) is 0 Å². The Labute approximate surface area is 92.3 Å². The normalized spacial score (nSPS) is 22.7. The lowest BCUT2D eigenvalue weighted by Crippen LogP contribution is -2.15. The van der Waals surface area contributed by atoms with Crippen molar-refractivity contribution in [2.45, 2.75) is 33.6 Å². The van der Waals surface area contributed by atoms with Gasteiger partial charge in [-0.2, -0.15) is 0 Å². The summed E-state index contributed by atoms with van der Waals surface area (Å²) in [7, 11) is 0. The first-order valence-corrected chi connectivity index (χ1v) is 5.63. The maximum absolute atomic E-state index is 5.64. The van der Waals surface area contributed by atoms with E-state index in [1.165, 1.54) is 0 Å². The summed E-state index contributed by atoms with van der Waals surface area (Å²) in [6, 6.07) is 0. The van der Waals surface area contributed by atoms with Crippen LogP contribution in [-0.2, 0) is 9.47 Å². The van der Waals surface area contributed by atoms with Crippen LogP contribution in [0, 0.1) is 0 Å². The molecule has 0 aromatic carbocycles. The van der Waals surface area contributed by atoms with Crippen molar-refractivity contribution in [2.24, 2.45) is 0 Å². The lowest BCUT2D eigenvalue weighted by Gasteiger charge is -2.22. The van der Waals surface area contributed by atoms with Gasteiger partial charge in [0.25, 0.3) is 0 Å². The highest BCUT2D eigenvalue weighted by Crippen LogP contribution is 2.22. The third-order valence-electron chi connectivity index (χ3n) is 2.16. The fourth-order valence-electron chi connectivity index (χ4n) is 1.45. The van der Waals surface area contributed by atoms with Crippen molar-refractivity contribution in [3.63, 3.8) is 0 Å². The fourth-order valence-corrected chi connectivity index (χ4v) is 1.45. The van der Waals surface area contributed by atoms with Crippen LogP contribution in [0.3, 0.4) is 0 Å². The maximum Gasteiger partial charge on any atom is 0.163 e. The van der Waals surface area contributed by atoms with Crippen molar-refractivity contribution in [2.75, 3.05) is 13.2 Å². The van der Waals surface area contributed by atoms with Gasteiger partial charge >= 0.3 is 0 Å². The van der Waals surface area contributed by atoms with Crippen LogP contribution >= 0.6 is 0 Å². The number of hydrogen-bond donors (Lipinski definition) is 0. The molecule has 84 valence electrons. The molecule has 2 nitrogen and oxygen atoms in total. The van der Waals surface area contributed by atoms with E-state index in [2.05, 4.69) is 39.0 Å². The maximum atomic E-state index is 5.64. The standard InChI is InChI=1S/C13H20O2/c1-4-6-8-11(3)13-12(7-5-2)14-9-10-15-13/h6-8H,4-5,9-10H2,1-3H3/b8-6-,12-7+,13-11+. The summed E-state index contributed by atoms with van der Waals surface area (Å²) in [5.74, 6) is 1.79. The summed E-state index contributed by atoms with van der Waals surface area (Å²) in [5, 5.41) is 0. The average molecular weight is 208 g/mol. The summed E-state index contributed by atoms with van der Waals surface area (Å²) in [6.07, 6.45) is 8.29. The minimum absolute atomic E-state index is 0.647. The molecule has 0 bridgehead atoms. The Kier molecular flexibility index (Phi) is 5.02. The smallest absolute Gasteiger partial charge is 0.163 e. The second-order valence-corrected chi connectivity index (χ2v) is 3.50. The Morgan fingerprint density at radius 1 is 1.20 bits per heavy atom. The first-order chi connectivity index (χ1) is 7.29. The van der Waals surface area contributed by atoms with Crippen molar-refractivity contribution < 1.29 is 9.47 Å². The van der Waals surface area contributed by atoms with Crippen LogP contribution in [0.15, 0.2) is 35.3 Å². The molecular weight excluding hydrogens is 188 g/mol. The van der Waals surface area contributed by atoms with E-state index < -0.39 is 0 Å². The van der Waals surface area contributed by atoms with E-state index in [-0.39, 0.29) is 0 Å². The van der Waals surface area contributed by atoms with E-state index in [1.54, 1.807) is 0 Å². The van der Waals surface area contributed by atoms with Crippen LogP contribution in [-0.4, -0.2) is 13.2 Å². The SMILES string of the molecule is CC\C=C/C(C)=C1/OCCO/C1=C/CC. The molecule has 0 N–H and O–H groups in total. The molecule has 0 amide bonds. The van der Waals surface area contributed by atoms with Gasteiger partial charge in [-0.1, -0.05) is 26.0 Å². The van der Waals surface area contributed by atoms with Crippen molar-refractivity contribution in [3.8, 4) is 0 Å². The molecule has 1 aliphatic heterocycles. The molecule has 0 unspecified atom stereocenters. The van der Waals surface area contributed by atoms with Gasteiger partial charge in [-0.15, -0.1) is 0 Å². The molecule has 1 fully saturated rings. The third-order valence-corrected chi connectivity index (χ3v) is 2.16. The molecule has 0 atom stereocenters. The molecular formula is C13H20O2. The largest absolute Gasteiger partial charge is 0.486 e. The predicted molar refractivity (Wildman–Crippen MR) is 62.4 cm³/mol. The highest BCUT2D eigenvalue weighted by atomic mass is 16.6. The number of ether oxygens (including phenoxy) is 2. The van der Waals surface area contributed by atoms with Crippen LogP contribution in [0.4, 0.5) is 0 Å². The summed E-state index contributed by atoms with van der Waals surface area (Å²) in [6.45, 7) is 7.57. The molecule has 15 heavy (non-hydrogen) atoms. The second kappa shape index (κ2) is 6.33. The minimum Gasteiger partial charge on any atom is -0.486 e. The van der Waals surface area contributed by atoms with Gasteiger partial charge in [0.1, 0.15) is 13.2 Å². The monoisotopic (exact) mass is 208 g/mol. The van der Waals surface area contributed by atoms with E-state index in [9.17, 15) is 0 Å². The van der Waals surface area contributed by atoms with Crippen molar-refractivity contribution >= 4 is 0 Å². The zero-order valence-electron chi connectivity index (χ0n) is 9.88. The average Bonchev–Trinajstić information content (AvgIpc) is 2.27. The molecule has 1 aliphatic rings. The Hall–Kier alpha value is -1.18. The van der Waals surface area contributed by atoms with E-state index >= 15 is 0 Å². The Bertz CT molecular complexity index is 285. The molecule has 0 aromatic heterocycles. The van der Waals surface area contributed by atoms with Crippen molar-refractivity contribution in [1.82, 2.24) is 0 Å². The number of hydrogen-bond acceptors (Lipinski definition) is 2. The molecule has 1 saturated heterocycles. The Morgan fingerprint density at radius 3 is 2.60 bits per heavy atom. The van der Waals surface area contributed by atoms with Gasteiger partial charge in [0.15, 0.2) is 11.5 Å². The van der Waals surface area contributed by atoms with Crippen LogP contribution < -0.4 is 0 Å². The van der Waals surface area contributed by atoms with Gasteiger partial charge in [0, 0.05) is 0 Å². The first-order valence-electron chi connectivity index (χ1n) is 5.63. The highest BCUT2D eigenvalue weighted by molar-refractivity contribution is 5.32. The van der Waals surface area contributed by atoms with Crippen molar-refractivity contribution in [1.29, 1.82) is 0 Å². The summed E-state index contributed by atoms with van der Waals surface area (Å²) >= 11 is 0. The molecule has 0 aromatic rings. The van der Waals surface area contributed by atoms with Gasteiger partial charge in [-0.3, -0.25) is 0 Å². The summed E-state index contributed by atoms with van der Waals surface area (Å²) in [4.78, 5) is 0. The second-order valence-electron chi connectivity index (χ2n) is 3.50. The van der Waals surface area contributed by atoms with Crippen LogP contribution in [0.5, 0.6) is 0 Å². The molecule has 1 rings (SSSR count). The molecule has 0 saturated carbocycles. The van der Waals surface area contributed by atoms with Gasteiger partial charge in [0.05, 0.1) is 0 Å². The topological polar surface area (TPSA) is 18.5 Å². The van der Waals surface area contributed by atoms with Crippen molar-refractivity contribution in [3.05, 3.63) is 35.3 Å². The predicted octanol–water partition coefficient (Wildman–Crippen LogP) is 3.57. The van der Waals surface area contributed by atoms with Gasteiger partial charge in [0.2, 0.25) is 0 Å². The summed E-state index contributed by atoms with van der Waals surface area (Å²) < 4.78 is 11.2. The Balaban J connectivity index is 2.87. The number of allylic oxidation sites excluding steroid dienone is 4. The first kappa shape index (κ1) is 11.9. The highest BCUT2D eigenvalue weighted by Gasteiger charge is 2.15. The Morgan fingerprint density at radius 2 is 1.93 bits per heavy atom. The zero-order chi connectivity index (χ0) is 11.1. The molecule has 0 radical (unpaired) electrons. The van der Waals surface area contributed by atoms with Gasteiger partial charge < -0.3 is 9.47 Å². The third kappa shape index (κ3) is 3.46. The zero-order valence-corrected chi connectivity index (χ0v) is 9.88. The molecule has 0 spiro atoms. The summed E-state index contributed by atoms with van der Waals surface area (Å²) in [5.41, 5.74) is 1.14. The number of rotatable bonds is 3. The minimum atomic E-state index is 0.647. The molecule has 1 heterocycles. The van der Waals surface area contributed by atoms with E-state index in [4.69, 9.17) is 9.47 Å². The van der Waals surface area contributed by atoms with Crippen LogP contribution in [0.25, 0.3) is 0 Å². The quantitative estimate of drug-likeness (QED) is 0.706. The fraction of sp³-hybridized carbons (Fsp3) is 0.538.